The van der Waals surface area contributed by atoms with Gasteiger partial charge in [-0.1, -0.05) is 13.8 Å². The maximum atomic E-state index is 11.8. The lowest BCUT2D eigenvalue weighted by molar-refractivity contribution is -0.122. The summed E-state index contributed by atoms with van der Waals surface area (Å²) in [5, 5.41) is 6.43. The Morgan fingerprint density at radius 1 is 1.33 bits per heavy atom. The van der Waals surface area contributed by atoms with Crippen LogP contribution in [0.1, 0.15) is 46.5 Å². The predicted molar refractivity (Wildman–Crippen MR) is 75.7 cm³/mol. The van der Waals surface area contributed by atoms with Crippen LogP contribution in [0.4, 0.5) is 0 Å². The highest BCUT2D eigenvalue weighted by Crippen LogP contribution is 2.10. The maximum absolute atomic E-state index is 11.8. The molecule has 1 heterocycles. The monoisotopic (exact) mass is 255 g/mol. The van der Waals surface area contributed by atoms with Crippen LogP contribution in [0.15, 0.2) is 0 Å². The summed E-state index contributed by atoms with van der Waals surface area (Å²) in [5.41, 5.74) is 0. The number of carbonyl (C=O) groups is 1. The molecule has 0 aromatic rings. The fourth-order valence-corrected chi connectivity index (χ4v) is 2.60. The van der Waals surface area contributed by atoms with Crippen LogP contribution in [-0.2, 0) is 4.79 Å². The number of hydrogen-bond acceptors (Lipinski definition) is 3. The van der Waals surface area contributed by atoms with Crippen LogP contribution in [0.3, 0.4) is 0 Å². The van der Waals surface area contributed by atoms with E-state index in [1.165, 1.54) is 13.0 Å². The molecule has 1 amide bonds. The Labute approximate surface area is 111 Å². The van der Waals surface area contributed by atoms with E-state index in [1.54, 1.807) is 0 Å². The van der Waals surface area contributed by atoms with Crippen LogP contribution < -0.4 is 10.6 Å². The molecule has 4 heteroatoms. The first kappa shape index (κ1) is 15.4. The molecule has 1 saturated heterocycles. The molecule has 4 nitrogen and oxygen atoms in total. The quantitative estimate of drug-likeness (QED) is 0.722. The number of amides is 1. The molecule has 1 aliphatic heterocycles. The van der Waals surface area contributed by atoms with Gasteiger partial charge < -0.3 is 15.5 Å². The van der Waals surface area contributed by atoms with E-state index in [4.69, 9.17) is 0 Å². The minimum atomic E-state index is 0.192. The molecule has 106 valence electrons. The molecule has 0 spiro atoms. The Balaban J connectivity index is 2.18. The molecule has 1 aliphatic rings. The van der Waals surface area contributed by atoms with Crippen LogP contribution in [0.5, 0.6) is 0 Å². The third-order valence-corrected chi connectivity index (χ3v) is 3.54. The first-order chi connectivity index (χ1) is 8.65. The fraction of sp³-hybridized carbons (Fsp3) is 0.929. The van der Waals surface area contributed by atoms with Crippen molar-refractivity contribution in [2.24, 2.45) is 0 Å². The van der Waals surface area contributed by atoms with Gasteiger partial charge in [0, 0.05) is 31.6 Å². The molecule has 18 heavy (non-hydrogen) atoms. The summed E-state index contributed by atoms with van der Waals surface area (Å²) < 4.78 is 0. The Morgan fingerprint density at radius 3 is 2.56 bits per heavy atom. The third-order valence-electron chi connectivity index (χ3n) is 3.54. The van der Waals surface area contributed by atoms with Gasteiger partial charge in [-0.3, -0.25) is 4.79 Å². The van der Waals surface area contributed by atoms with E-state index in [0.717, 1.165) is 32.5 Å². The Hall–Kier alpha value is -0.610. The maximum Gasteiger partial charge on any atom is 0.221 e. The molecular weight excluding hydrogens is 226 g/mol. The second-order valence-corrected chi connectivity index (χ2v) is 5.35. The Kier molecular flexibility index (Phi) is 7.28. The Bertz CT molecular complexity index is 237. The number of carbonyl (C=O) groups excluding carboxylic acids is 1. The summed E-state index contributed by atoms with van der Waals surface area (Å²) in [4.78, 5) is 14.3. The van der Waals surface area contributed by atoms with Gasteiger partial charge in [-0.15, -0.1) is 0 Å². The highest BCUT2D eigenvalue weighted by molar-refractivity contribution is 5.76. The van der Waals surface area contributed by atoms with Crippen molar-refractivity contribution in [3.8, 4) is 0 Å². The van der Waals surface area contributed by atoms with Crippen LogP contribution in [0, 0.1) is 0 Å². The number of likely N-dealkylation sites (tertiary alicyclic amines) is 1. The second-order valence-electron chi connectivity index (χ2n) is 5.35. The number of nitrogens with zero attached hydrogens (tertiary/aromatic N) is 1. The van der Waals surface area contributed by atoms with Gasteiger partial charge in [-0.2, -0.15) is 0 Å². The summed E-state index contributed by atoms with van der Waals surface area (Å²) in [6.45, 7) is 10.7. The van der Waals surface area contributed by atoms with Gasteiger partial charge >= 0.3 is 0 Å². The average molecular weight is 255 g/mol. The zero-order valence-corrected chi connectivity index (χ0v) is 12.2. The summed E-state index contributed by atoms with van der Waals surface area (Å²) in [6.07, 6.45) is 4.00. The first-order valence-corrected chi connectivity index (χ1v) is 7.40. The van der Waals surface area contributed by atoms with Crippen molar-refractivity contribution in [3.05, 3.63) is 0 Å². The van der Waals surface area contributed by atoms with Gasteiger partial charge in [0.15, 0.2) is 0 Å². The molecule has 1 fully saturated rings. The van der Waals surface area contributed by atoms with E-state index in [1.807, 2.05) is 0 Å². The predicted octanol–water partition coefficient (Wildman–Crippen LogP) is 1.37. The van der Waals surface area contributed by atoms with Gasteiger partial charge in [0.2, 0.25) is 5.91 Å². The molecule has 0 aromatic heterocycles. The topological polar surface area (TPSA) is 44.4 Å². The molecule has 0 aromatic carbocycles. The van der Waals surface area contributed by atoms with Crippen molar-refractivity contribution in [2.45, 2.75) is 58.5 Å². The van der Waals surface area contributed by atoms with E-state index in [2.05, 4.69) is 36.3 Å². The molecule has 1 atom stereocenters. The van der Waals surface area contributed by atoms with Crippen molar-refractivity contribution < 1.29 is 4.79 Å². The van der Waals surface area contributed by atoms with Crippen molar-refractivity contribution in [3.63, 3.8) is 0 Å². The normalized spacial score (nSPS) is 19.7. The summed E-state index contributed by atoms with van der Waals surface area (Å²) >= 11 is 0. The fourth-order valence-electron chi connectivity index (χ4n) is 2.60. The van der Waals surface area contributed by atoms with E-state index < -0.39 is 0 Å². The highest BCUT2D eigenvalue weighted by atomic mass is 16.1. The van der Waals surface area contributed by atoms with E-state index >= 15 is 0 Å². The molecule has 2 N–H and O–H groups in total. The minimum absolute atomic E-state index is 0.192. The van der Waals surface area contributed by atoms with Gasteiger partial charge in [0.1, 0.15) is 0 Å². The van der Waals surface area contributed by atoms with Crippen LogP contribution >= 0.6 is 0 Å². The van der Waals surface area contributed by atoms with Gasteiger partial charge in [0.25, 0.3) is 0 Å². The molecule has 0 aliphatic carbocycles. The lowest BCUT2D eigenvalue weighted by atomic mass is 10.0. The SMILES string of the molecule is CCCN1CCC(NC(=O)CC(C)NCC)CC1. The van der Waals surface area contributed by atoms with Crippen LogP contribution in [0.25, 0.3) is 0 Å². The smallest absolute Gasteiger partial charge is 0.221 e. The van der Waals surface area contributed by atoms with Gasteiger partial charge in [-0.05, 0) is 39.3 Å². The van der Waals surface area contributed by atoms with E-state index in [0.29, 0.717) is 12.5 Å². The number of nitrogens with one attached hydrogen (secondary N) is 2. The van der Waals surface area contributed by atoms with Crippen LogP contribution in [-0.4, -0.2) is 49.1 Å². The van der Waals surface area contributed by atoms with E-state index in [9.17, 15) is 4.79 Å². The highest BCUT2D eigenvalue weighted by Gasteiger charge is 2.20. The summed E-state index contributed by atoms with van der Waals surface area (Å²) in [5.74, 6) is 0.192. The molecule has 0 saturated carbocycles. The van der Waals surface area contributed by atoms with Gasteiger partial charge in [-0.25, -0.2) is 0 Å². The van der Waals surface area contributed by atoms with Crippen molar-refractivity contribution in [2.75, 3.05) is 26.2 Å². The minimum Gasteiger partial charge on any atom is -0.353 e. The van der Waals surface area contributed by atoms with E-state index in [-0.39, 0.29) is 11.9 Å². The third kappa shape index (κ3) is 5.83. The Morgan fingerprint density at radius 2 is 2.00 bits per heavy atom. The second kappa shape index (κ2) is 8.48. The lowest BCUT2D eigenvalue weighted by Crippen LogP contribution is -2.46. The summed E-state index contributed by atoms with van der Waals surface area (Å²) in [7, 11) is 0. The first-order valence-electron chi connectivity index (χ1n) is 7.40. The molecule has 1 unspecified atom stereocenters. The number of piperidine rings is 1. The average Bonchev–Trinajstić information content (AvgIpc) is 2.32. The van der Waals surface area contributed by atoms with Crippen molar-refractivity contribution in [1.29, 1.82) is 0 Å². The van der Waals surface area contributed by atoms with Gasteiger partial charge in [0.05, 0.1) is 0 Å². The standard InChI is InChI=1S/C14H29N3O/c1-4-8-17-9-6-13(7-10-17)16-14(18)11-12(3)15-5-2/h12-13,15H,4-11H2,1-3H3,(H,16,18). The lowest BCUT2D eigenvalue weighted by Gasteiger charge is -2.32. The number of hydrogen-bond donors (Lipinski definition) is 2. The largest absolute Gasteiger partial charge is 0.353 e. The van der Waals surface area contributed by atoms with Crippen LogP contribution in [0.2, 0.25) is 0 Å². The van der Waals surface area contributed by atoms with Crippen molar-refractivity contribution in [1.82, 2.24) is 15.5 Å². The van der Waals surface area contributed by atoms with Crippen molar-refractivity contribution >= 4 is 5.91 Å². The zero-order chi connectivity index (χ0) is 13.4. The molecular formula is C14H29N3O. The molecule has 0 radical (unpaired) electrons. The number of rotatable bonds is 7. The molecule has 0 bridgehead atoms. The zero-order valence-electron chi connectivity index (χ0n) is 12.2. The summed E-state index contributed by atoms with van der Waals surface area (Å²) in [6, 6.07) is 0.662. The molecule has 1 rings (SSSR count).